The molecule has 1 aromatic carbocycles. The molecule has 1 atom stereocenters. The number of nitrogens with one attached hydrogen (secondary N) is 1. The first-order chi connectivity index (χ1) is 7.31. The van der Waals surface area contributed by atoms with Gasteiger partial charge in [0.1, 0.15) is 5.82 Å². The van der Waals surface area contributed by atoms with Crippen LogP contribution in [-0.4, -0.2) is 9.97 Å². The van der Waals surface area contributed by atoms with Crippen LogP contribution in [0, 0.1) is 0 Å². The number of hydrogen-bond donors (Lipinski definition) is 2. The molecule has 15 heavy (non-hydrogen) atoms. The van der Waals surface area contributed by atoms with Gasteiger partial charge in [-0.15, -0.1) is 0 Å². The fourth-order valence-electron chi connectivity index (χ4n) is 1.57. The zero-order chi connectivity index (χ0) is 10.7. The summed E-state index contributed by atoms with van der Waals surface area (Å²) in [4.78, 5) is 7.18. The Morgan fingerprint density at radius 1 is 1.33 bits per heavy atom. The first kappa shape index (κ1) is 9.93. The highest BCUT2D eigenvalue weighted by Crippen LogP contribution is 2.16. The molecule has 0 saturated carbocycles. The van der Waals surface area contributed by atoms with Gasteiger partial charge in [0.05, 0.1) is 6.04 Å². The summed E-state index contributed by atoms with van der Waals surface area (Å²) in [5.41, 5.74) is 8.47. The number of H-pyrrole nitrogens is 1. The van der Waals surface area contributed by atoms with E-state index in [0.717, 1.165) is 17.8 Å². The van der Waals surface area contributed by atoms with Crippen LogP contribution in [0.1, 0.15) is 29.9 Å². The van der Waals surface area contributed by atoms with E-state index in [0.29, 0.717) is 0 Å². The van der Waals surface area contributed by atoms with Crippen LogP contribution in [0.3, 0.4) is 0 Å². The SMILES string of the molecule is CCc1ccc(C(N)c2ncc[nH]2)cc1. The van der Waals surface area contributed by atoms with Crippen molar-refractivity contribution in [1.29, 1.82) is 0 Å². The number of aryl methyl sites for hydroxylation is 1. The van der Waals surface area contributed by atoms with Crippen molar-refractivity contribution in [3.05, 3.63) is 53.6 Å². The second-order valence-corrected chi connectivity index (χ2v) is 3.55. The number of rotatable bonds is 3. The van der Waals surface area contributed by atoms with E-state index in [2.05, 4.69) is 41.2 Å². The lowest BCUT2D eigenvalue weighted by Gasteiger charge is -2.09. The smallest absolute Gasteiger partial charge is 0.127 e. The van der Waals surface area contributed by atoms with Gasteiger partial charge in [-0.1, -0.05) is 31.2 Å². The van der Waals surface area contributed by atoms with Crippen LogP contribution in [0.2, 0.25) is 0 Å². The molecule has 2 rings (SSSR count). The van der Waals surface area contributed by atoms with E-state index in [1.165, 1.54) is 5.56 Å². The van der Waals surface area contributed by atoms with Crippen molar-refractivity contribution in [2.75, 3.05) is 0 Å². The summed E-state index contributed by atoms with van der Waals surface area (Å²) in [6, 6.07) is 8.18. The molecule has 0 radical (unpaired) electrons. The Morgan fingerprint density at radius 3 is 2.60 bits per heavy atom. The van der Waals surface area contributed by atoms with Gasteiger partial charge in [-0.25, -0.2) is 4.98 Å². The standard InChI is InChI=1S/C12H15N3/c1-2-9-3-5-10(6-4-9)11(13)12-14-7-8-15-12/h3-8,11H,2,13H2,1H3,(H,14,15). The number of benzene rings is 1. The molecule has 2 aromatic rings. The van der Waals surface area contributed by atoms with Crippen LogP contribution in [0.25, 0.3) is 0 Å². The van der Waals surface area contributed by atoms with Crippen molar-refractivity contribution in [3.8, 4) is 0 Å². The molecule has 1 heterocycles. The first-order valence-corrected chi connectivity index (χ1v) is 5.15. The van der Waals surface area contributed by atoms with Gasteiger partial charge >= 0.3 is 0 Å². The molecule has 3 heteroatoms. The number of nitrogens with zero attached hydrogens (tertiary/aromatic N) is 1. The zero-order valence-corrected chi connectivity index (χ0v) is 8.77. The van der Waals surface area contributed by atoms with Crippen molar-refractivity contribution in [1.82, 2.24) is 9.97 Å². The molecular weight excluding hydrogens is 186 g/mol. The molecule has 0 fully saturated rings. The van der Waals surface area contributed by atoms with Crippen molar-refractivity contribution in [2.45, 2.75) is 19.4 Å². The van der Waals surface area contributed by atoms with Gasteiger partial charge < -0.3 is 10.7 Å². The lowest BCUT2D eigenvalue weighted by atomic mass is 10.0. The van der Waals surface area contributed by atoms with E-state index >= 15 is 0 Å². The molecule has 3 nitrogen and oxygen atoms in total. The minimum Gasteiger partial charge on any atom is -0.347 e. The van der Waals surface area contributed by atoms with Gasteiger partial charge in [0.15, 0.2) is 0 Å². The molecule has 0 amide bonds. The van der Waals surface area contributed by atoms with E-state index in [1.807, 2.05) is 0 Å². The van der Waals surface area contributed by atoms with Gasteiger partial charge in [-0.05, 0) is 17.5 Å². The molecule has 0 aliphatic heterocycles. The van der Waals surface area contributed by atoms with E-state index < -0.39 is 0 Å². The normalized spacial score (nSPS) is 12.7. The Kier molecular flexibility index (Phi) is 2.83. The molecule has 1 aromatic heterocycles. The summed E-state index contributed by atoms with van der Waals surface area (Å²) in [7, 11) is 0. The topological polar surface area (TPSA) is 54.7 Å². The highest BCUT2D eigenvalue weighted by Gasteiger charge is 2.10. The van der Waals surface area contributed by atoms with Gasteiger partial charge in [-0.2, -0.15) is 0 Å². The van der Waals surface area contributed by atoms with Crippen LogP contribution < -0.4 is 5.73 Å². The Hall–Kier alpha value is -1.61. The average molecular weight is 201 g/mol. The van der Waals surface area contributed by atoms with Gasteiger partial charge in [0, 0.05) is 12.4 Å². The third-order valence-corrected chi connectivity index (χ3v) is 2.56. The predicted molar refractivity (Wildman–Crippen MR) is 60.4 cm³/mol. The zero-order valence-electron chi connectivity index (χ0n) is 8.77. The van der Waals surface area contributed by atoms with Crippen molar-refractivity contribution in [2.24, 2.45) is 5.73 Å². The lowest BCUT2D eigenvalue weighted by Crippen LogP contribution is -2.13. The molecule has 0 aliphatic carbocycles. The first-order valence-electron chi connectivity index (χ1n) is 5.15. The third-order valence-electron chi connectivity index (χ3n) is 2.56. The highest BCUT2D eigenvalue weighted by atomic mass is 14.9. The van der Waals surface area contributed by atoms with Gasteiger partial charge in [0.25, 0.3) is 0 Å². The maximum atomic E-state index is 6.06. The Bertz CT molecular complexity index is 403. The number of imidazole rings is 1. The molecule has 1 unspecified atom stereocenters. The Morgan fingerprint density at radius 2 is 2.07 bits per heavy atom. The fourth-order valence-corrected chi connectivity index (χ4v) is 1.57. The molecule has 0 spiro atoms. The third kappa shape index (κ3) is 2.07. The van der Waals surface area contributed by atoms with Crippen LogP contribution in [0.15, 0.2) is 36.7 Å². The average Bonchev–Trinajstić information content (AvgIpc) is 2.82. The molecule has 0 bridgehead atoms. The number of hydrogen-bond acceptors (Lipinski definition) is 2. The largest absolute Gasteiger partial charge is 0.347 e. The number of aromatic amines is 1. The second kappa shape index (κ2) is 4.28. The summed E-state index contributed by atoms with van der Waals surface area (Å²) in [5, 5.41) is 0. The molecular formula is C12H15N3. The monoisotopic (exact) mass is 201 g/mol. The summed E-state index contributed by atoms with van der Waals surface area (Å²) in [5.74, 6) is 0.805. The van der Waals surface area contributed by atoms with E-state index in [1.54, 1.807) is 12.4 Å². The van der Waals surface area contributed by atoms with E-state index in [-0.39, 0.29) is 6.04 Å². The molecule has 3 N–H and O–H groups in total. The van der Waals surface area contributed by atoms with E-state index in [4.69, 9.17) is 5.73 Å². The van der Waals surface area contributed by atoms with Crippen molar-refractivity contribution in [3.63, 3.8) is 0 Å². The molecule has 0 saturated heterocycles. The second-order valence-electron chi connectivity index (χ2n) is 3.55. The minimum absolute atomic E-state index is 0.161. The lowest BCUT2D eigenvalue weighted by molar-refractivity contribution is 0.800. The summed E-state index contributed by atoms with van der Waals surface area (Å²) in [6.45, 7) is 2.14. The molecule has 0 aliphatic rings. The van der Waals surface area contributed by atoms with Gasteiger partial charge in [-0.3, -0.25) is 0 Å². The Balaban J connectivity index is 2.22. The van der Waals surface area contributed by atoms with E-state index in [9.17, 15) is 0 Å². The maximum absolute atomic E-state index is 6.06. The summed E-state index contributed by atoms with van der Waals surface area (Å²) in [6.07, 6.45) is 4.56. The predicted octanol–water partition coefficient (Wildman–Crippen LogP) is 2.02. The highest BCUT2D eigenvalue weighted by molar-refractivity contribution is 5.28. The fraction of sp³-hybridized carbons (Fsp3) is 0.250. The summed E-state index contributed by atoms with van der Waals surface area (Å²) >= 11 is 0. The van der Waals surface area contributed by atoms with Crippen LogP contribution >= 0.6 is 0 Å². The van der Waals surface area contributed by atoms with Crippen LogP contribution in [-0.2, 0) is 6.42 Å². The van der Waals surface area contributed by atoms with Crippen molar-refractivity contribution < 1.29 is 0 Å². The summed E-state index contributed by atoms with van der Waals surface area (Å²) < 4.78 is 0. The maximum Gasteiger partial charge on any atom is 0.127 e. The number of aromatic nitrogens is 2. The quantitative estimate of drug-likeness (QED) is 0.798. The minimum atomic E-state index is -0.161. The van der Waals surface area contributed by atoms with Crippen molar-refractivity contribution >= 4 is 0 Å². The van der Waals surface area contributed by atoms with Crippen LogP contribution in [0.5, 0.6) is 0 Å². The number of nitrogens with two attached hydrogens (primary N) is 1. The van der Waals surface area contributed by atoms with Gasteiger partial charge in [0.2, 0.25) is 0 Å². The van der Waals surface area contributed by atoms with Crippen LogP contribution in [0.4, 0.5) is 0 Å². The Labute approximate surface area is 89.4 Å². The molecule has 78 valence electrons.